The summed E-state index contributed by atoms with van der Waals surface area (Å²) in [6.45, 7) is 2.02. The topological polar surface area (TPSA) is 35.8 Å². The van der Waals surface area contributed by atoms with E-state index in [2.05, 4.69) is 43.2 Å². The normalized spacial score (nSPS) is 9.89. The molecule has 90 valence electrons. The van der Waals surface area contributed by atoms with Crippen molar-refractivity contribution >= 4 is 43.2 Å². The summed E-state index contributed by atoms with van der Waals surface area (Å²) in [5.74, 6) is 0. The fraction of sp³-hybridized carbons (Fsp3) is 0.0714. The molecule has 0 amide bonds. The number of hydrogen-bond acceptors (Lipinski definition) is 2. The second-order valence-electron chi connectivity index (χ2n) is 3.81. The van der Waals surface area contributed by atoms with E-state index in [-0.39, 0.29) is 0 Å². The van der Waals surface area contributed by atoms with Crippen LogP contribution in [0.1, 0.15) is 11.1 Å². The third kappa shape index (κ3) is 2.58. The van der Waals surface area contributed by atoms with Gasteiger partial charge in [0.1, 0.15) is 6.07 Å². The largest absolute Gasteiger partial charge is 0.354 e. The molecule has 0 fully saturated rings. The van der Waals surface area contributed by atoms with E-state index in [1.54, 1.807) is 0 Å². The van der Waals surface area contributed by atoms with Gasteiger partial charge >= 0.3 is 0 Å². The van der Waals surface area contributed by atoms with E-state index in [0.29, 0.717) is 5.56 Å². The third-order valence-electron chi connectivity index (χ3n) is 2.66. The van der Waals surface area contributed by atoms with Gasteiger partial charge in [0.05, 0.1) is 11.3 Å². The van der Waals surface area contributed by atoms with Gasteiger partial charge in [0, 0.05) is 14.6 Å². The second-order valence-corrected chi connectivity index (χ2v) is 5.52. The van der Waals surface area contributed by atoms with E-state index >= 15 is 0 Å². The van der Waals surface area contributed by atoms with Crippen LogP contribution in [0.3, 0.4) is 0 Å². The van der Waals surface area contributed by atoms with Gasteiger partial charge in [-0.15, -0.1) is 0 Å². The first-order valence-electron chi connectivity index (χ1n) is 5.34. The molecule has 0 atom stereocenters. The van der Waals surface area contributed by atoms with Crippen LogP contribution >= 0.6 is 31.9 Å². The summed E-state index contributed by atoms with van der Waals surface area (Å²) < 4.78 is 1.84. The number of nitriles is 1. The Bertz CT molecular complexity index is 630. The van der Waals surface area contributed by atoms with Gasteiger partial charge in [-0.05, 0) is 52.7 Å². The highest BCUT2D eigenvalue weighted by Crippen LogP contribution is 2.30. The summed E-state index contributed by atoms with van der Waals surface area (Å²) in [7, 11) is 0. The van der Waals surface area contributed by atoms with Gasteiger partial charge in [-0.25, -0.2) is 0 Å². The molecule has 0 spiro atoms. The van der Waals surface area contributed by atoms with Gasteiger partial charge in [-0.1, -0.05) is 28.1 Å². The number of anilines is 2. The highest BCUT2D eigenvalue weighted by molar-refractivity contribution is 9.10. The summed E-state index contributed by atoms with van der Waals surface area (Å²) >= 11 is 6.88. The Morgan fingerprint density at radius 2 is 1.61 bits per heavy atom. The van der Waals surface area contributed by atoms with E-state index in [4.69, 9.17) is 0 Å². The molecule has 2 aromatic rings. The molecule has 2 nitrogen and oxygen atoms in total. The molecule has 1 N–H and O–H groups in total. The lowest BCUT2D eigenvalue weighted by atomic mass is 10.1. The van der Waals surface area contributed by atoms with Crippen molar-refractivity contribution < 1.29 is 0 Å². The van der Waals surface area contributed by atoms with Crippen LogP contribution in [0.2, 0.25) is 0 Å². The second kappa shape index (κ2) is 5.55. The molecular weight excluding hydrogens is 356 g/mol. The maximum atomic E-state index is 9.17. The minimum absolute atomic E-state index is 0.608. The van der Waals surface area contributed by atoms with E-state index in [1.807, 2.05) is 43.3 Å². The lowest BCUT2D eigenvalue weighted by molar-refractivity contribution is 1.38. The van der Waals surface area contributed by atoms with Crippen LogP contribution in [0.4, 0.5) is 11.4 Å². The quantitative estimate of drug-likeness (QED) is 0.800. The van der Waals surface area contributed by atoms with Crippen molar-refractivity contribution in [3.8, 4) is 6.07 Å². The van der Waals surface area contributed by atoms with Gasteiger partial charge in [0.25, 0.3) is 0 Å². The lowest BCUT2D eigenvalue weighted by Gasteiger charge is -2.12. The van der Waals surface area contributed by atoms with Crippen molar-refractivity contribution in [2.24, 2.45) is 0 Å². The van der Waals surface area contributed by atoms with Gasteiger partial charge in [0.2, 0.25) is 0 Å². The molecule has 0 saturated heterocycles. The van der Waals surface area contributed by atoms with Crippen molar-refractivity contribution in [1.29, 1.82) is 5.26 Å². The van der Waals surface area contributed by atoms with Crippen LogP contribution in [0.5, 0.6) is 0 Å². The lowest BCUT2D eigenvalue weighted by Crippen LogP contribution is -1.96. The van der Waals surface area contributed by atoms with Crippen molar-refractivity contribution in [2.45, 2.75) is 6.92 Å². The third-order valence-corrected chi connectivity index (χ3v) is 4.18. The standard InChI is InChI=1S/C14H10Br2N2/c1-9-11(15)4-2-6-13(9)18-14-7-3-5-12(16)10(14)8-17/h2-7,18H,1H3. The minimum atomic E-state index is 0.608. The molecule has 2 rings (SSSR count). The van der Waals surface area contributed by atoms with E-state index < -0.39 is 0 Å². The molecule has 0 aromatic heterocycles. The van der Waals surface area contributed by atoms with E-state index in [0.717, 1.165) is 25.9 Å². The fourth-order valence-corrected chi connectivity index (χ4v) is 2.45. The molecule has 2 aromatic carbocycles. The molecular formula is C14H10Br2N2. The van der Waals surface area contributed by atoms with Crippen LogP contribution in [0.25, 0.3) is 0 Å². The molecule has 0 aliphatic rings. The molecule has 18 heavy (non-hydrogen) atoms. The zero-order valence-corrected chi connectivity index (χ0v) is 12.8. The number of benzene rings is 2. The first-order valence-corrected chi connectivity index (χ1v) is 6.93. The summed E-state index contributed by atoms with van der Waals surface area (Å²) in [5.41, 5.74) is 3.50. The Labute approximate surface area is 123 Å². The zero-order chi connectivity index (χ0) is 13.1. The van der Waals surface area contributed by atoms with Gasteiger partial charge in [-0.2, -0.15) is 5.26 Å². The molecule has 0 aliphatic carbocycles. The smallest absolute Gasteiger partial charge is 0.103 e. The van der Waals surface area contributed by atoms with Crippen molar-refractivity contribution in [1.82, 2.24) is 0 Å². The van der Waals surface area contributed by atoms with Crippen LogP contribution in [0.15, 0.2) is 45.3 Å². The molecule has 0 unspecified atom stereocenters. The molecule has 0 heterocycles. The maximum absolute atomic E-state index is 9.17. The Morgan fingerprint density at radius 1 is 1.00 bits per heavy atom. The highest BCUT2D eigenvalue weighted by Gasteiger charge is 2.08. The van der Waals surface area contributed by atoms with Crippen molar-refractivity contribution in [3.05, 3.63) is 56.5 Å². The Kier molecular flexibility index (Phi) is 4.05. The zero-order valence-electron chi connectivity index (χ0n) is 9.67. The minimum Gasteiger partial charge on any atom is -0.354 e. The average Bonchev–Trinajstić information content (AvgIpc) is 2.35. The van der Waals surface area contributed by atoms with E-state index in [1.165, 1.54) is 0 Å². The predicted molar refractivity (Wildman–Crippen MR) is 81.0 cm³/mol. The molecule has 4 heteroatoms. The van der Waals surface area contributed by atoms with Gasteiger partial charge in [-0.3, -0.25) is 0 Å². The monoisotopic (exact) mass is 364 g/mol. The predicted octanol–water partition coefficient (Wildman–Crippen LogP) is 5.14. The number of rotatable bonds is 2. The van der Waals surface area contributed by atoms with Crippen molar-refractivity contribution in [2.75, 3.05) is 5.32 Å². The summed E-state index contributed by atoms with van der Waals surface area (Å²) in [4.78, 5) is 0. The van der Waals surface area contributed by atoms with Crippen LogP contribution in [-0.4, -0.2) is 0 Å². The van der Waals surface area contributed by atoms with Crippen molar-refractivity contribution in [3.63, 3.8) is 0 Å². The molecule has 0 bridgehead atoms. The molecule has 0 saturated carbocycles. The maximum Gasteiger partial charge on any atom is 0.103 e. The van der Waals surface area contributed by atoms with Crippen LogP contribution < -0.4 is 5.32 Å². The SMILES string of the molecule is Cc1c(Br)cccc1Nc1cccc(Br)c1C#N. The first kappa shape index (κ1) is 13.1. The number of halogens is 2. The highest BCUT2D eigenvalue weighted by atomic mass is 79.9. The van der Waals surface area contributed by atoms with Gasteiger partial charge in [0.15, 0.2) is 0 Å². The van der Waals surface area contributed by atoms with E-state index in [9.17, 15) is 5.26 Å². The Morgan fingerprint density at radius 3 is 2.28 bits per heavy atom. The Balaban J connectivity index is 2.44. The Hall–Kier alpha value is -1.31. The van der Waals surface area contributed by atoms with Crippen LogP contribution in [-0.2, 0) is 0 Å². The van der Waals surface area contributed by atoms with Gasteiger partial charge < -0.3 is 5.32 Å². The summed E-state index contributed by atoms with van der Waals surface area (Å²) in [6, 6.07) is 13.8. The first-order chi connectivity index (χ1) is 8.63. The number of hydrogen-bond donors (Lipinski definition) is 1. The molecule has 0 aliphatic heterocycles. The average molecular weight is 366 g/mol. The molecule has 0 radical (unpaired) electrons. The van der Waals surface area contributed by atoms with Crippen LogP contribution in [0, 0.1) is 18.3 Å². The summed E-state index contributed by atoms with van der Waals surface area (Å²) in [6.07, 6.45) is 0. The number of nitrogens with one attached hydrogen (secondary N) is 1. The number of nitrogens with zero attached hydrogens (tertiary/aromatic N) is 1. The summed E-state index contributed by atoms with van der Waals surface area (Å²) in [5, 5.41) is 12.5. The fourth-order valence-electron chi connectivity index (χ4n) is 1.63.